The number of rotatable bonds is 4. The summed E-state index contributed by atoms with van der Waals surface area (Å²) in [4.78, 5) is 36.6. The van der Waals surface area contributed by atoms with Crippen molar-refractivity contribution in [1.29, 1.82) is 0 Å². The van der Waals surface area contributed by atoms with Crippen molar-refractivity contribution in [3.8, 4) is 0 Å². The Morgan fingerprint density at radius 2 is 1.94 bits per heavy atom. The molecule has 0 spiro atoms. The van der Waals surface area contributed by atoms with Gasteiger partial charge in [0, 0.05) is 50.9 Å². The molecule has 0 radical (unpaired) electrons. The van der Waals surface area contributed by atoms with Gasteiger partial charge in [-0.2, -0.15) is 0 Å². The van der Waals surface area contributed by atoms with Gasteiger partial charge in [-0.3, -0.25) is 15.1 Å². The lowest BCUT2D eigenvalue weighted by Crippen LogP contribution is -2.51. The molecule has 4 aliphatic rings. The largest absolute Gasteiger partial charge is 0.465 e. The van der Waals surface area contributed by atoms with Crippen LogP contribution in [0.5, 0.6) is 0 Å². The third-order valence-corrected chi connectivity index (χ3v) is 7.07. The molecular weight excluding hydrogens is 408 g/mol. The molecule has 2 unspecified atom stereocenters. The molecule has 1 aromatic carbocycles. The Kier molecular flexibility index (Phi) is 5.50. The first-order valence-corrected chi connectivity index (χ1v) is 11.4. The van der Waals surface area contributed by atoms with E-state index >= 15 is 0 Å². The van der Waals surface area contributed by atoms with Crippen LogP contribution in [0.15, 0.2) is 47.3 Å². The van der Waals surface area contributed by atoms with Crippen LogP contribution in [-0.2, 0) is 6.54 Å². The van der Waals surface area contributed by atoms with Crippen LogP contribution in [0.1, 0.15) is 25.3 Å². The van der Waals surface area contributed by atoms with Crippen LogP contribution in [0.4, 0.5) is 9.59 Å². The van der Waals surface area contributed by atoms with Crippen molar-refractivity contribution in [2.45, 2.75) is 32.4 Å². The van der Waals surface area contributed by atoms with E-state index in [4.69, 9.17) is 10.1 Å². The summed E-state index contributed by atoms with van der Waals surface area (Å²) in [5.74, 6) is 2.06. The number of likely N-dealkylation sites (tertiary alicyclic amines) is 2. The number of hydrogen-bond donors (Lipinski definition) is 2. The third kappa shape index (κ3) is 4.04. The average Bonchev–Trinajstić information content (AvgIpc) is 3.38. The van der Waals surface area contributed by atoms with E-state index in [1.807, 2.05) is 12.3 Å². The van der Waals surface area contributed by atoms with E-state index in [1.165, 1.54) is 10.5 Å². The molecule has 9 nitrogen and oxygen atoms in total. The number of amidine groups is 1. The molecule has 0 aromatic heterocycles. The van der Waals surface area contributed by atoms with Gasteiger partial charge in [0.25, 0.3) is 0 Å². The zero-order valence-electron chi connectivity index (χ0n) is 18.4. The average molecular weight is 439 g/mol. The molecule has 1 aromatic rings. The Morgan fingerprint density at radius 3 is 2.66 bits per heavy atom. The number of aliphatic imine (C=N–C) groups is 1. The van der Waals surface area contributed by atoms with Gasteiger partial charge >= 0.3 is 12.1 Å². The Labute approximate surface area is 188 Å². The van der Waals surface area contributed by atoms with Gasteiger partial charge in [-0.15, -0.1) is 0 Å². The van der Waals surface area contributed by atoms with Crippen molar-refractivity contribution in [1.82, 2.24) is 24.9 Å². The molecule has 4 heterocycles. The minimum Gasteiger partial charge on any atom is -0.465 e. The highest BCUT2D eigenvalue weighted by Crippen LogP contribution is 2.30. The molecule has 0 saturated carbocycles. The SMILES string of the molecule is CC1CN(Cc2ccccc2)CC1C1=NC2=CN(C3CCN(C(=O)O)CC3)CN2C(=O)N1. The number of benzene rings is 1. The minimum absolute atomic E-state index is 0.125. The second kappa shape index (κ2) is 8.46. The predicted octanol–water partition coefficient (Wildman–Crippen LogP) is 2.39. The quantitative estimate of drug-likeness (QED) is 0.753. The number of fused-ring (bicyclic) bond motifs is 1. The zero-order valence-corrected chi connectivity index (χ0v) is 18.4. The van der Waals surface area contributed by atoms with Gasteiger partial charge in [-0.25, -0.2) is 14.6 Å². The van der Waals surface area contributed by atoms with Crippen molar-refractivity contribution in [2.24, 2.45) is 16.8 Å². The summed E-state index contributed by atoms with van der Waals surface area (Å²) in [6.45, 7) is 6.50. The fourth-order valence-corrected chi connectivity index (χ4v) is 5.26. The van der Waals surface area contributed by atoms with Crippen LogP contribution in [0.25, 0.3) is 0 Å². The van der Waals surface area contributed by atoms with E-state index < -0.39 is 6.09 Å². The highest BCUT2D eigenvalue weighted by molar-refractivity contribution is 6.02. The summed E-state index contributed by atoms with van der Waals surface area (Å²) in [5.41, 5.74) is 1.30. The molecule has 9 heteroatoms. The lowest BCUT2D eigenvalue weighted by Gasteiger charge is -2.36. The molecule has 2 atom stereocenters. The van der Waals surface area contributed by atoms with Crippen LogP contribution in [0.2, 0.25) is 0 Å². The maximum atomic E-state index is 12.9. The monoisotopic (exact) mass is 438 g/mol. The molecular formula is C23H30N6O3. The molecule has 5 rings (SSSR count). The second-order valence-electron chi connectivity index (χ2n) is 9.26. The number of carbonyl (C=O) groups is 2. The van der Waals surface area contributed by atoms with E-state index in [0.717, 1.165) is 38.3 Å². The summed E-state index contributed by atoms with van der Waals surface area (Å²) in [6, 6.07) is 10.6. The first-order valence-electron chi connectivity index (χ1n) is 11.4. The summed E-state index contributed by atoms with van der Waals surface area (Å²) in [5, 5.41) is 12.2. The first kappa shape index (κ1) is 20.8. The topological polar surface area (TPSA) is 91.7 Å². The van der Waals surface area contributed by atoms with Crippen LogP contribution in [0.3, 0.4) is 0 Å². The first-order chi connectivity index (χ1) is 15.5. The van der Waals surface area contributed by atoms with E-state index in [9.17, 15) is 9.59 Å². The maximum absolute atomic E-state index is 12.9. The van der Waals surface area contributed by atoms with Gasteiger partial charge in [-0.05, 0) is 24.3 Å². The highest BCUT2D eigenvalue weighted by Gasteiger charge is 2.40. The maximum Gasteiger partial charge on any atom is 0.407 e. The number of amides is 3. The standard InChI is InChI=1S/C23H30N6O3/c1-16-11-26(12-17-5-3-2-4-6-17)13-19(16)21-24-20-14-28(15-29(20)22(30)25-21)18-7-9-27(10-8-18)23(31)32/h2-6,14,16,18-19H,7-13,15H2,1H3,(H,31,32)(H,24,25,30). The summed E-state index contributed by atoms with van der Waals surface area (Å²) in [7, 11) is 0. The van der Waals surface area contributed by atoms with Gasteiger partial charge in [0.1, 0.15) is 12.5 Å². The molecule has 2 N–H and O–H groups in total. The van der Waals surface area contributed by atoms with E-state index in [0.29, 0.717) is 31.5 Å². The number of carboxylic acid groups (broad SMARTS) is 1. The fraction of sp³-hybridized carbons (Fsp3) is 0.522. The highest BCUT2D eigenvalue weighted by atomic mass is 16.4. The summed E-state index contributed by atoms with van der Waals surface area (Å²) in [6.07, 6.45) is 2.63. The molecule has 0 bridgehead atoms. The number of nitrogens with zero attached hydrogens (tertiary/aromatic N) is 5. The van der Waals surface area contributed by atoms with Gasteiger partial charge in [0.2, 0.25) is 0 Å². The molecule has 2 fully saturated rings. The Hall–Kier alpha value is -3.07. The van der Waals surface area contributed by atoms with Crippen LogP contribution >= 0.6 is 0 Å². The van der Waals surface area contributed by atoms with Gasteiger partial charge in [0.15, 0.2) is 5.82 Å². The van der Waals surface area contributed by atoms with Crippen molar-refractivity contribution in [2.75, 3.05) is 32.8 Å². The number of hydrogen-bond acceptors (Lipinski definition) is 5. The number of carbonyl (C=O) groups excluding carboxylic acids is 1. The van der Waals surface area contributed by atoms with Crippen molar-refractivity contribution >= 4 is 18.0 Å². The second-order valence-corrected chi connectivity index (χ2v) is 9.26. The van der Waals surface area contributed by atoms with E-state index in [2.05, 4.69) is 46.3 Å². The molecule has 0 aliphatic carbocycles. The molecule has 170 valence electrons. The Bertz CT molecular complexity index is 940. The summed E-state index contributed by atoms with van der Waals surface area (Å²) < 4.78 is 0. The zero-order chi connectivity index (χ0) is 22.2. The van der Waals surface area contributed by atoms with Crippen LogP contribution < -0.4 is 5.32 Å². The molecule has 32 heavy (non-hydrogen) atoms. The van der Waals surface area contributed by atoms with Crippen molar-refractivity contribution in [3.05, 3.63) is 47.9 Å². The minimum atomic E-state index is -0.860. The number of nitrogens with one attached hydrogen (secondary N) is 1. The van der Waals surface area contributed by atoms with Crippen LogP contribution in [-0.4, -0.2) is 81.6 Å². The van der Waals surface area contributed by atoms with Gasteiger partial charge in [-0.1, -0.05) is 37.3 Å². The normalized spacial score (nSPS) is 26.7. The van der Waals surface area contributed by atoms with E-state index in [1.54, 1.807) is 4.90 Å². The Balaban J connectivity index is 1.26. The Morgan fingerprint density at radius 1 is 1.19 bits per heavy atom. The van der Waals surface area contributed by atoms with Crippen molar-refractivity contribution in [3.63, 3.8) is 0 Å². The lowest BCUT2D eigenvalue weighted by atomic mass is 9.96. The van der Waals surface area contributed by atoms with Crippen molar-refractivity contribution < 1.29 is 14.7 Å². The van der Waals surface area contributed by atoms with Gasteiger partial charge in [0.05, 0.1) is 0 Å². The number of urea groups is 1. The smallest absolute Gasteiger partial charge is 0.407 e. The fourth-order valence-electron chi connectivity index (χ4n) is 5.26. The predicted molar refractivity (Wildman–Crippen MR) is 120 cm³/mol. The molecule has 2 saturated heterocycles. The van der Waals surface area contributed by atoms with Gasteiger partial charge < -0.3 is 14.9 Å². The third-order valence-electron chi connectivity index (χ3n) is 7.07. The molecule has 3 amide bonds. The lowest BCUT2D eigenvalue weighted by molar-refractivity contribution is 0.106. The van der Waals surface area contributed by atoms with Crippen LogP contribution in [0, 0.1) is 11.8 Å². The number of piperidine rings is 1. The molecule has 4 aliphatic heterocycles. The van der Waals surface area contributed by atoms with E-state index in [-0.39, 0.29) is 18.0 Å². The summed E-state index contributed by atoms with van der Waals surface area (Å²) >= 11 is 0.